The highest BCUT2D eigenvalue weighted by Gasteiger charge is 2.08. The van der Waals surface area contributed by atoms with E-state index in [1.807, 2.05) is 36.4 Å². The molecule has 3 aromatic rings. The summed E-state index contributed by atoms with van der Waals surface area (Å²) in [6.45, 7) is 0. The lowest BCUT2D eigenvalue weighted by Gasteiger charge is -2.05. The summed E-state index contributed by atoms with van der Waals surface area (Å²) in [4.78, 5) is 12.3. The molecule has 5 heteroatoms. The van der Waals surface area contributed by atoms with Gasteiger partial charge in [-0.2, -0.15) is 5.10 Å². The number of nitrogens with one attached hydrogen (secondary N) is 1. The number of phenols is 2. The molecule has 0 aliphatic carbocycles. The van der Waals surface area contributed by atoms with Crippen molar-refractivity contribution in [3.8, 4) is 11.5 Å². The Kier molecular flexibility index (Phi) is 3.93. The van der Waals surface area contributed by atoms with Crippen molar-refractivity contribution in [2.75, 3.05) is 0 Å². The second-order valence-electron chi connectivity index (χ2n) is 4.97. The highest BCUT2D eigenvalue weighted by molar-refractivity contribution is 6.07. The quantitative estimate of drug-likeness (QED) is 0.395. The number of amides is 1. The van der Waals surface area contributed by atoms with Gasteiger partial charge in [-0.1, -0.05) is 36.4 Å². The van der Waals surface area contributed by atoms with Crippen LogP contribution in [0.1, 0.15) is 15.9 Å². The third-order valence-corrected chi connectivity index (χ3v) is 3.42. The average Bonchev–Trinajstić information content (AvgIpc) is 2.57. The molecule has 0 aliphatic rings. The van der Waals surface area contributed by atoms with Crippen molar-refractivity contribution in [2.24, 2.45) is 5.10 Å². The van der Waals surface area contributed by atoms with Gasteiger partial charge in [-0.3, -0.25) is 4.79 Å². The van der Waals surface area contributed by atoms with E-state index >= 15 is 0 Å². The summed E-state index contributed by atoms with van der Waals surface area (Å²) in [7, 11) is 0. The highest BCUT2D eigenvalue weighted by atomic mass is 16.3. The zero-order chi connectivity index (χ0) is 16.2. The van der Waals surface area contributed by atoms with Crippen LogP contribution in [0.4, 0.5) is 0 Å². The predicted molar refractivity (Wildman–Crippen MR) is 88.8 cm³/mol. The minimum absolute atomic E-state index is 0.00429. The molecule has 0 heterocycles. The van der Waals surface area contributed by atoms with Gasteiger partial charge in [0, 0.05) is 11.1 Å². The van der Waals surface area contributed by atoms with Crippen molar-refractivity contribution in [2.45, 2.75) is 0 Å². The largest absolute Gasteiger partial charge is 0.508 e. The van der Waals surface area contributed by atoms with Crippen molar-refractivity contribution >= 4 is 22.9 Å². The number of carbonyl (C=O) groups excluding carboxylic acids is 1. The lowest BCUT2D eigenvalue weighted by Crippen LogP contribution is -2.17. The number of phenolic OH excluding ortho intramolecular Hbond substituents is 2. The van der Waals surface area contributed by atoms with Gasteiger partial charge in [0.1, 0.15) is 11.5 Å². The molecule has 0 saturated heterocycles. The fraction of sp³-hybridized carbons (Fsp3) is 0. The maximum absolute atomic E-state index is 12.3. The van der Waals surface area contributed by atoms with Gasteiger partial charge in [0.05, 0.1) is 6.21 Å². The second kappa shape index (κ2) is 6.19. The number of carbonyl (C=O) groups is 1. The molecule has 3 N–H and O–H groups in total. The van der Waals surface area contributed by atoms with Crippen LogP contribution in [0.5, 0.6) is 11.5 Å². The second-order valence-corrected chi connectivity index (χ2v) is 4.97. The molecule has 3 aromatic carbocycles. The number of hydrogen-bond acceptors (Lipinski definition) is 4. The highest BCUT2D eigenvalue weighted by Crippen LogP contribution is 2.20. The van der Waals surface area contributed by atoms with Crippen LogP contribution in [-0.4, -0.2) is 22.3 Å². The number of benzene rings is 3. The molecule has 114 valence electrons. The van der Waals surface area contributed by atoms with E-state index in [4.69, 9.17) is 0 Å². The number of aromatic hydroxyl groups is 2. The zero-order valence-electron chi connectivity index (χ0n) is 12.1. The van der Waals surface area contributed by atoms with E-state index in [0.717, 1.165) is 10.8 Å². The SMILES string of the molecule is O=C(N/N=C\c1cc(O)ccc1O)c1cccc2ccccc12. The average molecular weight is 306 g/mol. The molecule has 0 aliphatic heterocycles. The Labute approximate surface area is 132 Å². The number of rotatable bonds is 3. The zero-order valence-corrected chi connectivity index (χ0v) is 12.1. The molecule has 0 spiro atoms. The van der Waals surface area contributed by atoms with Crippen molar-refractivity contribution in [3.05, 3.63) is 71.8 Å². The maximum Gasteiger partial charge on any atom is 0.271 e. The summed E-state index contributed by atoms with van der Waals surface area (Å²) in [5.74, 6) is -0.381. The maximum atomic E-state index is 12.3. The minimum Gasteiger partial charge on any atom is -0.508 e. The van der Waals surface area contributed by atoms with Crippen LogP contribution in [0.2, 0.25) is 0 Å². The molecule has 1 amide bonds. The molecule has 0 bridgehead atoms. The van der Waals surface area contributed by atoms with E-state index in [-0.39, 0.29) is 17.4 Å². The van der Waals surface area contributed by atoms with Crippen LogP contribution < -0.4 is 5.43 Å². The van der Waals surface area contributed by atoms with Gasteiger partial charge < -0.3 is 10.2 Å². The van der Waals surface area contributed by atoms with Crippen molar-refractivity contribution in [1.82, 2.24) is 5.43 Å². The van der Waals surface area contributed by atoms with Crippen LogP contribution >= 0.6 is 0 Å². The van der Waals surface area contributed by atoms with Gasteiger partial charge in [-0.05, 0) is 35.0 Å². The molecule has 0 atom stereocenters. The first kappa shape index (κ1) is 14.6. The van der Waals surface area contributed by atoms with Crippen LogP contribution in [0.25, 0.3) is 10.8 Å². The van der Waals surface area contributed by atoms with Gasteiger partial charge in [-0.15, -0.1) is 0 Å². The fourth-order valence-electron chi connectivity index (χ4n) is 2.29. The number of nitrogens with zero attached hydrogens (tertiary/aromatic N) is 1. The molecule has 0 unspecified atom stereocenters. The Morgan fingerprint density at radius 3 is 2.65 bits per heavy atom. The van der Waals surface area contributed by atoms with Crippen LogP contribution in [0.15, 0.2) is 65.8 Å². The lowest BCUT2D eigenvalue weighted by molar-refractivity contribution is 0.0957. The summed E-state index contributed by atoms with van der Waals surface area (Å²) >= 11 is 0. The van der Waals surface area contributed by atoms with Gasteiger partial charge in [0.25, 0.3) is 5.91 Å². The number of fused-ring (bicyclic) bond motifs is 1. The molecule has 0 aromatic heterocycles. The van der Waals surface area contributed by atoms with Crippen LogP contribution in [-0.2, 0) is 0 Å². The third kappa shape index (κ3) is 3.13. The van der Waals surface area contributed by atoms with Gasteiger partial charge in [-0.25, -0.2) is 5.43 Å². The van der Waals surface area contributed by atoms with Crippen LogP contribution in [0.3, 0.4) is 0 Å². The van der Waals surface area contributed by atoms with Crippen molar-refractivity contribution in [1.29, 1.82) is 0 Å². The van der Waals surface area contributed by atoms with E-state index in [1.165, 1.54) is 24.4 Å². The topological polar surface area (TPSA) is 81.9 Å². The Morgan fingerprint density at radius 1 is 1.00 bits per heavy atom. The van der Waals surface area contributed by atoms with Gasteiger partial charge in [0.2, 0.25) is 0 Å². The summed E-state index contributed by atoms with van der Waals surface area (Å²) in [6.07, 6.45) is 1.28. The first-order chi connectivity index (χ1) is 11.1. The first-order valence-electron chi connectivity index (χ1n) is 6.98. The third-order valence-electron chi connectivity index (χ3n) is 3.42. The molecule has 5 nitrogen and oxygen atoms in total. The molecule has 0 radical (unpaired) electrons. The Hall–Kier alpha value is -3.34. The van der Waals surface area contributed by atoms with Crippen molar-refractivity contribution < 1.29 is 15.0 Å². The summed E-state index contributed by atoms with van der Waals surface area (Å²) in [5, 5.41) is 24.7. The number of hydrazone groups is 1. The van der Waals surface area contributed by atoms with Crippen LogP contribution in [0, 0.1) is 0 Å². The Morgan fingerprint density at radius 2 is 1.78 bits per heavy atom. The summed E-state index contributed by atoms with van der Waals surface area (Å²) in [6, 6.07) is 17.1. The normalized spacial score (nSPS) is 11.0. The van der Waals surface area contributed by atoms with E-state index in [0.29, 0.717) is 11.1 Å². The van der Waals surface area contributed by atoms with Gasteiger partial charge in [0.15, 0.2) is 0 Å². The Balaban J connectivity index is 1.81. The molecule has 23 heavy (non-hydrogen) atoms. The number of hydrogen-bond donors (Lipinski definition) is 3. The lowest BCUT2D eigenvalue weighted by atomic mass is 10.0. The summed E-state index contributed by atoms with van der Waals surface area (Å²) in [5.41, 5.74) is 3.25. The molecular weight excluding hydrogens is 292 g/mol. The fourth-order valence-corrected chi connectivity index (χ4v) is 2.29. The molecular formula is C18H14N2O3. The van der Waals surface area contributed by atoms with E-state index < -0.39 is 0 Å². The standard InChI is InChI=1S/C18H14N2O3/c21-14-8-9-17(22)13(10-14)11-19-20-18(23)16-7-3-5-12-4-1-2-6-15(12)16/h1-11,21-22H,(H,20,23)/b19-11-. The van der Waals surface area contributed by atoms with E-state index in [2.05, 4.69) is 10.5 Å². The monoisotopic (exact) mass is 306 g/mol. The smallest absolute Gasteiger partial charge is 0.271 e. The van der Waals surface area contributed by atoms with Gasteiger partial charge >= 0.3 is 0 Å². The first-order valence-corrected chi connectivity index (χ1v) is 6.98. The molecule has 0 saturated carbocycles. The van der Waals surface area contributed by atoms with Crippen molar-refractivity contribution in [3.63, 3.8) is 0 Å². The minimum atomic E-state index is -0.349. The summed E-state index contributed by atoms with van der Waals surface area (Å²) < 4.78 is 0. The Bertz CT molecular complexity index is 898. The van der Waals surface area contributed by atoms with E-state index in [9.17, 15) is 15.0 Å². The van der Waals surface area contributed by atoms with E-state index in [1.54, 1.807) is 6.07 Å². The molecule has 3 rings (SSSR count). The molecule has 0 fully saturated rings. The predicted octanol–water partition coefficient (Wildman–Crippen LogP) is 3.01.